The van der Waals surface area contributed by atoms with Gasteiger partial charge >= 0.3 is 0 Å². The first kappa shape index (κ1) is 19.9. The lowest BCUT2D eigenvalue weighted by atomic mass is 9.97. The molecule has 0 saturated heterocycles. The van der Waals surface area contributed by atoms with E-state index in [-0.39, 0.29) is 18.4 Å². The second-order valence-electron chi connectivity index (χ2n) is 6.93. The Morgan fingerprint density at radius 1 is 1.11 bits per heavy atom. The normalized spacial score (nSPS) is 13.6. The molecule has 6 nitrogen and oxygen atoms in total. The van der Waals surface area contributed by atoms with Gasteiger partial charge in [-0.3, -0.25) is 9.59 Å². The highest BCUT2D eigenvalue weighted by Gasteiger charge is 2.09. The first-order valence-electron chi connectivity index (χ1n) is 9.80. The van der Waals surface area contributed by atoms with Crippen molar-refractivity contribution in [3.05, 3.63) is 65.6 Å². The summed E-state index contributed by atoms with van der Waals surface area (Å²) in [5, 5.41) is 8.81. The fraction of sp³-hybridized carbons (Fsp3) is 0.364. The van der Waals surface area contributed by atoms with Crippen LogP contribution in [0.4, 0.5) is 5.69 Å². The molecule has 0 atom stereocenters. The fourth-order valence-corrected chi connectivity index (χ4v) is 3.21. The maximum absolute atomic E-state index is 12.3. The molecule has 0 bridgehead atoms. The second kappa shape index (κ2) is 10.5. The Labute approximate surface area is 165 Å². The minimum absolute atomic E-state index is 0.120. The van der Waals surface area contributed by atoms with Crippen molar-refractivity contribution < 1.29 is 14.0 Å². The maximum atomic E-state index is 12.3. The number of anilines is 1. The van der Waals surface area contributed by atoms with Crippen LogP contribution in [-0.2, 0) is 11.3 Å². The van der Waals surface area contributed by atoms with Gasteiger partial charge in [-0.15, -0.1) is 0 Å². The van der Waals surface area contributed by atoms with E-state index < -0.39 is 0 Å². The topological polar surface area (TPSA) is 83.4 Å². The Balaban J connectivity index is 1.41. The molecule has 3 rings (SSSR count). The van der Waals surface area contributed by atoms with Crippen LogP contribution in [0.1, 0.15) is 48.2 Å². The SMILES string of the molecule is O=C(CNCCC1=CCCCC1)Nc1cccc(C(=O)NCc2ccco2)c1. The Kier molecular flexibility index (Phi) is 7.44. The lowest BCUT2D eigenvalue weighted by Crippen LogP contribution is -2.29. The van der Waals surface area contributed by atoms with Crippen molar-refractivity contribution in [1.29, 1.82) is 0 Å². The van der Waals surface area contributed by atoms with E-state index in [1.165, 1.54) is 31.3 Å². The molecule has 1 aliphatic carbocycles. The van der Waals surface area contributed by atoms with Gasteiger partial charge in [-0.2, -0.15) is 0 Å². The van der Waals surface area contributed by atoms with Gasteiger partial charge in [0.15, 0.2) is 0 Å². The van der Waals surface area contributed by atoms with E-state index in [1.807, 2.05) is 0 Å². The van der Waals surface area contributed by atoms with Crippen molar-refractivity contribution in [2.45, 2.75) is 38.6 Å². The first-order chi connectivity index (χ1) is 13.7. The average molecular weight is 381 g/mol. The third kappa shape index (κ3) is 6.39. The van der Waals surface area contributed by atoms with Gasteiger partial charge in [-0.25, -0.2) is 0 Å². The molecule has 0 fully saturated rings. The largest absolute Gasteiger partial charge is 0.467 e. The number of hydrogen-bond donors (Lipinski definition) is 3. The quantitative estimate of drug-likeness (QED) is 0.457. The molecule has 0 saturated carbocycles. The summed E-state index contributed by atoms with van der Waals surface area (Å²) in [5.74, 6) is 0.352. The number of allylic oxidation sites excluding steroid dienone is 1. The van der Waals surface area contributed by atoms with E-state index in [0.29, 0.717) is 23.6 Å². The van der Waals surface area contributed by atoms with Crippen LogP contribution in [0.5, 0.6) is 0 Å². The van der Waals surface area contributed by atoms with Crippen LogP contribution in [-0.4, -0.2) is 24.9 Å². The highest BCUT2D eigenvalue weighted by atomic mass is 16.3. The first-order valence-corrected chi connectivity index (χ1v) is 9.80. The molecule has 3 N–H and O–H groups in total. The van der Waals surface area contributed by atoms with E-state index in [2.05, 4.69) is 22.0 Å². The van der Waals surface area contributed by atoms with Crippen LogP contribution in [0, 0.1) is 0 Å². The predicted octanol–water partition coefficient (Wildman–Crippen LogP) is 3.63. The molecule has 0 aliphatic heterocycles. The van der Waals surface area contributed by atoms with Crippen molar-refractivity contribution in [3.8, 4) is 0 Å². The van der Waals surface area contributed by atoms with Gasteiger partial charge < -0.3 is 20.4 Å². The molecule has 28 heavy (non-hydrogen) atoms. The minimum Gasteiger partial charge on any atom is -0.467 e. The van der Waals surface area contributed by atoms with Crippen LogP contribution in [0.15, 0.2) is 58.7 Å². The van der Waals surface area contributed by atoms with Gasteiger partial charge in [-0.05, 0) is 69.0 Å². The van der Waals surface area contributed by atoms with Crippen LogP contribution in [0.25, 0.3) is 0 Å². The third-order valence-electron chi connectivity index (χ3n) is 4.71. The number of carbonyl (C=O) groups excluding carboxylic acids is 2. The molecule has 0 unspecified atom stereocenters. The molecular weight excluding hydrogens is 354 g/mol. The van der Waals surface area contributed by atoms with Crippen LogP contribution < -0.4 is 16.0 Å². The Bertz CT molecular complexity index is 812. The van der Waals surface area contributed by atoms with E-state index >= 15 is 0 Å². The molecule has 2 amide bonds. The van der Waals surface area contributed by atoms with Crippen LogP contribution >= 0.6 is 0 Å². The number of hydrogen-bond acceptors (Lipinski definition) is 4. The molecule has 2 aromatic rings. The highest BCUT2D eigenvalue weighted by molar-refractivity contribution is 5.97. The zero-order chi connectivity index (χ0) is 19.6. The molecule has 0 radical (unpaired) electrons. The Morgan fingerprint density at radius 2 is 2.04 bits per heavy atom. The smallest absolute Gasteiger partial charge is 0.251 e. The molecule has 1 heterocycles. The Hall–Kier alpha value is -2.86. The monoisotopic (exact) mass is 381 g/mol. The Morgan fingerprint density at radius 3 is 2.82 bits per heavy atom. The average Bonchev–Trinajstić information content (AvgIpc) is 3.24. The summed E-state index contributed by atoms with van der Waals surface area (Å²) in [4.78, 5) is 24.4. The molecule has 6 heteroatoms. The van der Waals surface area contributed by atoms with Gasteiger partial charge in [0.2, 0.25) is 5.91 Å². The molecule has 0 spiro atoms. The zero-order valence-corrected chi connectivity index (χ0v) is 16.0. The summed E-state index contributed by atoms with van der Waals surface area (Å²) < 4.78 is 5.20. The number of nitrogens with one attached hydrogen (secondary N) is 3. The van der Waals surface area contributed by atoms with Crippen molar-refractivity contribution in [2.75, 3.05) is 18.4 Å². The zero-order valence-electron chi connectivity index (χ0n) is 16.0. The third-order valence-corrected chi connectivity index (χ3v) is 4.71. The number of carbonyl (C=O) groups is 2. The summed E-state index contributed by atoms with van der Waals surface area (Å²) in [5.41, 5.74) is 2.58. The van der Waals surface area contributed by atoms with E-state index in [4.69, 9.17) is 4.42 Å². The highest BCUT2D eigenvalue weighted by Crippen LogP contribution is 2.19. The fourth-order valence-electron chi connectivity index (χ4n) is 3.21. The standard InChI is InChI=1S/C22H27N3O3/c26-21(16-23-12-11-17-6-2-1-3-7-17)25-19-9-4-8-18(14-19)22(27)24-15-20-10-5-13-28-20/h4-6,8-10,13-14,23H,1-3,7,11-12,15-16H2,(H,24,27)(H,25,26). The lowest BCUT2D eigenvalue weighted by Gasteiger charge is -2.13. The van der Waals surface area contributed by atoms with Gasteiger partial charge in [0.25, 0.3) is 5.91 Å². The van der Waals surface area contributed by atoms with Gasteiger partial charge in [-0.1, -0.05) is 17.7 Å². The summed E-state index contributed by atoms with van der Waals surface area (Å²) in [6, 6.07) is 10.5. The summed E-state index contributed by atoms with van der Waals surface area (Å²) in [6.45, 7) is 1.37. The van der Waals surface area contributed by atoms with Crippen molar-refractivity contribution in [2.24, 2.45) is 0 Å². The van der Waals surface area contributed by atoms with E-state index in [9.17, 15) is 9.59 Å². The van der Waals surface area contributed by atoms with Crippen molar-refractivity contribution >= 4 is 17.5 Å². The molecular formula is C22H27N3O3. The van der Waals surface area contributed by atoms with Gasteiger partial charge in [0, 0.05) is 11.3 Å². The summed E-state index contributed by atoms with van der Waals surface area (Å²) >= 11 is 0. The van der Waals surface area contributed by atoms with Crippen molar-refractivity contribution in [1.82, 2.24) is 10.6 Å². The van der Waals surface area contributed by atoms with Crippen molar-refractivity contribution in [3.63, 3.8) is 0 Å². The summed E-state index contributed by atoms with van der Waals surface area (Å²) in [7, 11) is 0. The van der Waals surface area contributed by atoms with Gasteiger partial charge in [0.05, 0.1) is 19.4 Å². The molecule has 1 aromatic carbocycles. The number of furan rings is 1. The number of benzene rings is 1. The van der Waals surface area contributed by atoms with E-state index in [0.717, 1.165) is 13.0 Å². The van der Waals surface area contributed by atoms with Crippen LogP contribution in [0.3, 0.4) is 0 Å². The van der Waals surface area contributed by atoms with Crippen LogP contribution in [0.2, 0.25) is 0 Å². The second-order valence-corrected chi connectivity index (χ2v) is 6.93. The number of rotatable bonds is 9. The van der Waals surface area contributed by atoms with E-state index in [1.54, 1.807) is 42.7 Å². The lowest BCUT2D eigenvalue weighted by molar-refractivity contribution is -0.115. The van der Waals surface area contributed by atoms with Gasteiger partial charge in [0.1, 0.15) is 5.76 Å². The summed E-state index contributed by atoms with van der Waals surface area (Å²) in [6.07, 6.45) is 9.82. The predicted molar refractivity (Wildman–Crippen MR) is 109 cm³/mol. The molecule has 1 aliphatic rings. The maximum Gasteiger partial charge on any atom is 0.251 e. The number of amides is 2. The molecule has 1 aromatic heterocycles. The molecule has 148 valence electrons. The minimum atomic E-state index is -0.216.